The third kappa shape index (κ3) is 3.97. The Kier molecular flexibility index (Phi) is 5.48. The standard InChI is InChI=1S/C12H9Cl2IN2O2S/c1-6-10(11(15)20-17-6)16-12(18)19-5-7-2-3-8(13)4-9(7)14/h2-4H,5H2,1H3,(H,16,18). The van der Waals surface area contributed by atoms with Gasteiger partial charge in [0.1, 0.15) is 9.49 Å². The van der Waals surface area contributed by atoms with Crippen molar-refractivity contribution in [2.75, 3.05) is 5.32 Å². The molecule has 2 aromatic rings. The summed E-state index contributed by atoms with van der Waals surface area (Å²) in [7, 11) is 0. The molecule has 8 heteroatoms. The summed E-state index contributed by atoms with van der Waals surface area (Å²) in [4.78, 5) is 11.7. The van der Waals surface area contributed by atoms with Gasteiger partial charge in [-0.1, -0.05) is 29.3 Å². The lowest BCUT2D eigenvalue weighted by Gasteiger charge is -2.08. The lowest BCUT2D eigenvalue weighted by Crippen LogP contribution is -2.14. The molecule has 2 rings (SSSR count). The maximum atomic E-state index is 11.7. The fourth-order valence-electron chi connectivity index (χ4n) is 1.40. The Morgan fingerprint density at radius 3 is 2.85 bits per heavy atom. The van der Waals surface area contributed by atoms with E-state index in [4.69, 9.17) is 27.9 Å². The van der Waals surface area contributed by atoms with Gasteiger partial charge in [-0.05, 0) is 53.2 Å². The molecule has 1 amide bonds. The second kappa shape index (κ2) is 6.93. The second-order valence-corrected chi connectivity index (χ2v) is 7.28. The molecule has 0 fully saturated rings. The number of rotatable bonds is 3. The summed E-state index contributed by atoms with van der Waals surface area (Å²) in [6.07, 6.45) is -0.544. The van der Waals surface area contributed by atoms with Crippen LogP contribution in [0.5, 0.6) is 0 Å². The highest BCUT2D eigenvalue weighted by atomic mass is 127. The predicted octanol–water partition coefficient (Wildman–Crippen LogP) is 5.11. The Balaban J connectivity index is 1.96. The molecule has 106 valence electrons. The third-order valence-corrected chi connectivity index (χ3v) is 4.87. The number of benzene rings is 1. The maximum Gasteiger partial charge on any atom is 0.412 e. The van der Waals surface area contributed by atoms with Crippen molar-refractivity contribution in [3.8, 4) is 0 Å². The van der Waals surface area contributed by atoms with Crippen molar-refractivity contribution in [2.45, 2.75) is 13.5 Å². The number of nitrogens with zero attached hydrogens (tertiary/aromatic N) is 1. The van der Waals surface area contributed by atoms with Gasteiger partial charge in [-0.2, -0.15) is 4.37 Å². The summed E-state index contributed by atoms with van der Waals surface area (Å²) in [5, 5.41) is 3.68. The van der Waals surface area contributed by atoms with Crippen molar-refractivity contribution in [1.82, 2.24) is 4.37 Å². The van der Waals surface area contributed by atoms with Gasteiger partial charge in [-0.25, -0.2) is 4.79 Å². The van der Waals surface area contributed by atoms with Crippen molar-refractivity contribution in [2.24, 2.45) is 0 Å². The van der Waals surface area contributed by atoms with Crippen molar-refractivity contribution >= 4 is 69.1 Å². The van der Waals surface area contributed by atoms with Crippen molar-refractivity contribution in [3.63, 3.8) is 0 Å². The quantitative estimate of drug-likeness (QED) is 0.671. The van der Waals surface area contributed by atoms with Crippen LogP contribution < -0.4 is 5.32 Å². The van der Waals surface area contributed by atoms with E-state index < -0.39 is 6.09 Å². The fourth-order valence-corrected chi connectivity index (χ4v) is 3.28. The van der Waals surface area contributed by atoms with Crippen LogP contribution in [0.15, 0.2) is 18.2 Å². The minimum absolute atomic E-state index is 0.0784. The van der Waals surface area contributed by atoms with Crippen LogP contribution in [-0.2, 0) is 11.3 Å². The molecule has 0 radical (unpaired) electrons. The summed E-state index contributed by atoms with van der Waals surface area (Å²) in [6, 6.07) is 5.02. The molecule has 0 aliphatic heterocycles. The molecule has 0 atom stereocenters. The normalized spacial score (nSPS) is 10.4. The van der Waals surface area contributed by atoms with E-state index in [1.54, 1.807) is 18.2 Å². The van der Waals surface area contributed by atoms with Gasteiger partial charge in [0.15, 0.2) is 0 Å². The van der Waals surface area contributed by atoms with Crippen LogP contribution in [0.2, 0.25) is 10.0 Å². The number of aryl methyl sites for hydroxylation is 1. The van der Waals surface area contributed by atoms with E-state index in [2.05, 4.69) is 32.3 Å². The van der Waals surface area contributed by atoms with Crippen molar-refractivity contribution < 1.29 is 9.53 Å². The monoisotopic (exact) mass is 442 g/mol. The number of anilines is 1. The number of amides is 1. The SMILES string of the molecule is Cc1nsc(I)c1NC(=O)OCc1ccc(Cl)cc1Cl. The third-order valence-electron chi connectivity index (χ3n) is 2.42. The van der Waals surface area contributed by atoms with E-state index in [1.165, 1.54) is 11.5 Å². The van der Waals surface area contributed by atoms with Gasteiger partial charge in [0.2, 0.25) is 0 Å². The smallest absolute Gasteiger partial charge is 0.412 e. The predicted molar refractivity (Wildman–Crippen MR) is 89.8 cm³/mol. The zero-order chi connectivity index (χ0) is 14.7. The number of aromatic nitrogens is 1. The fraction of sp³-hybridized carbons (Fsp3) is 0.167. The van der Waals surface area contributed by atoms with Gasteiger partial charge in [0.25, 0.3) is 0 Å². The average molecular weight is 443 g/mol. The zero-order valence-corrected chi connectivity index (χ0v) is 14.7. The maximum absolute atomic E-state index is 11.7. The molecule has 1 heterocycles. The highest BCUT2D eigenvalue weighted by Crippen LogP contribution is 2.26. The largest absolute Gasteiger partial charge is 0.444 e. The number of hydrogen-bond acceptors (Lipinski definition) is 4. The Hall–Kier alpha value is -0.570. The molecule has 0 bridgehead atoms. The van der Waals surface area contributed by atoms with Crippen LogP contribution in [0.3, 0.4) is 0 Å². The van der Waals surface area contributed by atoms with E-state index in [9.17, 15) is 4.79 Å². The molecular weight excluding hydrogens is 434 g/mol. The Morgan fingerprint density at radius 2 is 2.25 bits per heavy atom. The minimum atomic E-state index is -0.544. The summed E-state index contributed by atoms with van der Waals surface area (Å²) in [6.45, 7) is 1.90. The number of carbonyl (C=O) groups excluding carboxylic acids is 1. The number of halogens is 3. The highest BCUT2D eigenvalue weighted by Gasteiger charge is 2.13. The van der Waals surface area contributed by atoms with Crippen LogP contribution in [0.4, 0.5) is 10.5 Å². The average Bonchev–Trinajstić information content (AvgIpc) is 2.69. The van der Waals surface area contributed by atoms with Crippen molar-refractivity contribution in [1.29, 1.82) is 0 Å². The molecule has 0 unspecified atom stereocenters. The van der Waals surface area contributed by atoms with E-state index >= 15 is 0 Å². The summed E-state index contributed by atoms with van der Waals surface area (Å²) in [5.74, 6) is 0. The highest BCUT2D eigenvalue weighted by molar-refractivity contribution is 14.1. The molecule has 0 spiro atoms. The minimum Gasteiger partial charge on any atom is -0.444 e. The summed E-state index contributed by atoms with van der Waals surface area (Å²) >= 11 is 15.2. The Morgan fingerprint density at radius 1 is 1.50 bits per heavy atom. The first kappa shape index (κ1) is 15.8. The molecule has 4 nitrogen and oxygen atoms in total. The van der Waals surface area contributed by atoms with Gasteiger partial charge >= 0.3 is 6.09 Å². The van der Waals surface area contributed by atoms with Gasteiger partial charge in [-0.15, -0.1) is 0 Å². The lowest BCUT2D eigenvalue weighted by molar-refractivity contribution is 0.155. The Labute approximate surface area is 143 Å². The molecule has 0 saturated carbocycles. The lowest BCUT2D eigenvalue weighted by atomic mass is 10.2. The van der Waals surface area contributed by atoms with Crippen LogP contribution >= 0.6 is 57.3 Å². The van der Waals surface area contributed by atoms with Gasteiger partial charge in [-0.3, -0.25) is 5.32 Å². The number of nitrogens with one attached hydrogen (secondary N) is 1. The van der Waals surface area contributed by atoms with E-state index in [0.29, 0.717) is 21.3 Å². The van der Waals surface area contributed by atoms with E-state index in [-0.39, 0.29) is 6.61 Å². The van der Waals surface area contributed by atoms with E-state index in [1.807, 2.05) is 6.92 Å². The molecule has 0 aliphatic carbocycles. The summed E-state index contributed by atoms with van der Waals surface area (Å²) < 4.78 is 10.2. The molecule has 20 heavy (non-hydrogen) atoms. The first-order valence-electron chi connectivity index (χ1n) is 5.47. The van der Waals surface area contributed by atoms with Crippen LogP contribution in [0.1, 0.15) is 11.3 Å². The first-order chi connectivity index (χ1) is 9.47. The van der Waals surface area contributed by atoms with Crippen LogP contribution in [0, 0.1) is 9.81 Å². The summed E-state index contributed by atoms with van der Waals surface area (Å²) in [5.41, 5.74) is 2.14. The molecule has 0 aliphatic rings. The topological polar surface area (TPSA) is 51.2 Å². The number of carbonyl (C=O) groups is 1. The molecule has 1 N–H and O–H groups in total. The van der Waals surface area contributed by atoms with Crippen LogP contribution in [-0.4, -0.2) is 10.5 Å². The first-order valence-corrected chi connectivity index (χ1v) is 8.07. The van der Waals surface area contributed by atoms with Gasteiger partial charge in [0.05, 0.1) is 11.4 Å². The molecule has 1 aromatic heterocycles. The molecule has 1 aromatic carbocycles. The molecular formula is C12H9Cl2IN2O2S. The number of hydrogen-bond donors (Lipinski definition) is 1. The van der Waals surface area contributed by atoms with E-state index in [0.717, 1.165) is 8.58 Å². The van der Waals surface area contributed by atoms with Crippen LogP contribution in [0.25, 0.3) is 0 Å². The second-order valence-electron chi connectivity index (χ2n) is 3.85. The zero-order valence-electron chi connectivity index (χ0n) is 10.2. The van der Waals surface area contributed by atoms with Gasteiger partial charge in [0, 0.05) is 15.6 Å². The molecule has 0 saturated heterocycles. The Bertz CT molecular complexity index is 629. The van der Waals surface area contributed by atoms with Crippen molar-refractivity contribution in [3.05, 3.63) is 42.4 Å². The van der Waals surface area contributed by atoms with Gasteiger partial charge < -0.3 is 4.74 Å². The number of ether oxygens (including phenoxy) is 1.